The van der Waals surface area contributed by atoms with Gasteiger partial charge in [-0.05, 0) is 57.1 Å². The summed E-state index contributed by atoms with van der Waals surface area (Å²) < 4.78 is 21.6. The van der Waals surface area contributed by atoms with E-state index in [0.29, 0.717) is 24.8 Å². The summed E-state index contributed by atoms with van der Waals surface area (Å²) in [5, 5.41) is 32.4. The summed E-state index contributed by atoms with van der Waals surface area (Å²) >= 11 is 0. The molecule has 0 aromatic rings. The van der Waals surface area contributed by atoms with Crippen molar-refractivity contribution in [2.24, 2.45) is 22.7 Å². The Labute approximate surface area is 169 Å². The van der Waals surface area contributed by atoms with Crippen molar-refractivity contribution in [2.45, 2.75) is 69.6 Å². The van der Waals surface area contributed by atoms with E-state index < -0.39 is 46.2 Å². The van der Waals surface area contributed by atoms with Crippen molar-refractivity contribution in [3.05, 3.63) is 23.8 Å². The number of halogens is 1. The molecular weight excluding hydrogens is 379 g/mol. The van der Waals surface area contributed by atoms with E-state index in [1.165, 1.54) is 19.3 Å². The second-order valence-corrected chi connectivity index (χ2v) is 9.62. The number of carbonyl (C=O) groups excluding carboxylic acids is 2. The lowest BCUT2D eigenvalue weighted by molar-refractivity contribution is -0.224. The number of ether oxygens (including phenoxy) is 1. The van der Waals surface area contributed by atoms with E-state index in [0.717, 1.165) is 0 Å². The largest absolute Gasteiger partial charge is 0.390 e. The van der Waals surface area contributed by atoms with E-state index in [1.807, 2.05) is 0 Å². The second kappa shape index (κ2) is 6.30. The average molecular weight is 408 g/mol. The summed E-state index contributed by atoms with van der Waals surface area (Å²) in [5.41, 5.74) is -5.42. The van der Waals surface area contributed by atoms with Crippen LogP contribution in [0.2, 0.25) is 0 Å². The molecule has 3 fully saturated rings. The highest BCUT2D eigenvalue weighted by Gasteiger charge is 2.74. The number of allylic oxidation sites excluding steroid dienone is 4. The zero-order valence-electron chi connectivity index (χ0n) is 17.0. The van der Waals surface area contributed by atoms with Gasteiger partial charge in [-0.15, -0.1) is 0 Å². The van der Waals surface area contributed by atoms with Crippen LogP contribution in [0.4, 0.5) is 4.39 Å². The Hall–Kier alpha value is -1.41. The standard InChI is InChI=1S/C22H29FO6/c1-19-8-6-13(24)10-12(19)4-5-15-14-7-9-21(28,17(26)18(27)29-3)20(14,2)11-16(25)22(15,19)23/h6,8,10,14-16,18,25,27-28H,4-5,7,9,11H2,1-3H3/t14-,15-,16-,18?,19-,20-,21-,22-/m0/s1. The van der Waals surface area contributed by atoms with Crippen molar-refractivity contribution in [1.82, 2.24) is 0 Å². The van der Waals surface area contributed by atoms with Crippen LogP contribution in [0.5, 0.6) is 0 Å². The summed E-state index contributed by atoms with van der Waals surface area (Å²) in [4.78, 5) is 24.6. The molecule has 4 aliphatic rings. The van der Waals surface area contributed by atoms with Crippen LogP contribution >= 0.6 is 0 Å². The molecule has 4 rings (SSSR count). The Balaban J connectivity index is 1.78. The number of Topliss-reactive ketones (excluding diaryl/α,β-unsaturated/α-hetero) is 1. The minimum atomic E-state index is -2.01. The van der Waals surface area contributed by atoms with Gasteiger partial charge in [0.05, 0.1) is 6.10 Å². The Morgan fingerprint density at radius 1 is 1.31 bits per heavy atom. The minimum Gasteiger partial charge on any atom is -0.390 e. The first-order valence-corrected chi connectivity index (χ1v) is 10.2. The van der Waals surface area contributed by atoms with Crippen molar-refractivity contribution in [3.63, 3.8) is 0 Å². The van der Waals surface area contributed by atoms with Gasteiger partial charge in [0.15, 0.2) is 11.5 Å². The number of hydrogen-bond acceptors (Lipinski definition) is 6. The number of rotatable bonds is 3. The molecule has 0 aliphatic heterocycles. The Morgan fingerprint density at radius 3 is 2.66 bits per heavy atom. The summed E-state index contributed by atoms with van der Waals surface area (Å²) in [5.74, 6) is -1.95. The van der Waals surface area contributed by atoms with Gasteiger partial charge in [-0.3, -0.25) is 9.59 Å². The number of hydrogen-bond donors (Lipinski definition) is 3. The first-order valence-electron chi connectivity index (χ1n) is 10.2. The van der Waals surface area contributed by atoms with Gasteiger partial charge in [0.25, 0.3) is 0 Å². The van der Waals surface area contributed by atoms with E-state index in [9.17, 15) is 24.9 Å². The number of alkyl halides is 1. The van der Waals surface area contributed by atoms with Gasteiger partial charge >= 0.3 is 0 Å². The smallest absolute Gasteiger partial charge is 0.220 e. The lowest BCUT2D eigenvalue weighted by atomic mass is 9.44. The van der Waals surface area contributed by atoms with E-state index >= 15 is 4.39 Å². The maximum Gasteiger partial charge on any atom is 0.220 e. The van der Waals surface area contributed by atoms with E-state index in [4.69, 9.17) is 4.74 Å². The zero-order chi connectivity index (χ0) is 21.4. The van der Waals surface area contributed by atoms with Gasteiger partial charge < -0.3 is 20.1 Å². The van der Waals surface area contributed by atoms with Gasteiger partial charge in [-0.25, -0.2) is 4.39 Å². The Kier molecular flexibility index (Phi) is 4.53. The van der Waals surface area contributed by atoms with E-state index in [1.54, 1.807) is 19.9 Å². The van der Waals surface area contributed by atoms with Crippen LogP contribution in [0, 0.1) is 22.7 Å². The third-order valence-corrected chi connectivity index (χ3v) is 8.65. The highest BCUT2D eigenvalue weighted by molar-refractivity contribution is 6.01. The van der Waals surface area contributed by atoms with Crippen LogP contribution < -0.4 is 0 Å². The van der Waals surface area contributed by atoms with Crippen molar-refractivity contribution >= 4 is 11.6 Å². The summed E-state index contributed by atoms with van der Waals surface area (Å²) in [6.45, 7) is 3.43. The molecule has 7 heteroatoms. The van der Waals surface area contributed by atoms with Crippen LogP contribution in [-0.2, 0) is 14.3 Å². The summed E-state index contributed by atoms with van der Waals surface area (Å²) in [6.07, 6.45) is 2.53. The van der Waals surface area contributed by atoms with Crippen molar-refractivity contribution < 1.29 is 34.0 Å². The molecule has 6 nitrogen and oxygen atoms in total. The summed E-state index contributed by atoms with van der Waals surface area (Å²) in [6, 6.07) is 0. The molecule has 1 unspecified atom stereocenters. The fraction of sp³-hybridized carbons (Fsp3) is 0.727. The topological polar surface area (TPSA) is 104 Å². The fourth-order valence-electron chi connectivity index (χ4n) is 6.93. The zero-order valence-corrected chi connectivity index (χ0v) is 17.0. The predicted molar refractivity (Wildman–Crippen MR) is 101 cm³/mol. The molecule has 160 valence electrons. The lowest BCUT2D eigenvalue weighted by Crippen LogP contribution is -2.69. The number of ketones is 2. The number of fused-ring (bicyclic) bond motifs is 5. The van der Waals surface area contributed by atoms with Crippen LogP contribution in [0.25, 0.3) is 0 Å². The maximum absolute atomic E-state index is 16.9. The SMILES string of the molecule is COC(O)C(=O)[C@@]1(O)CC[C@H]2[C@@H]3CCC4=CC(=O)C=C[C@]4(C)[C@@]3(F)[C@@H](O)C[C@@]21C. The molecule has 4 aliphatic carbocycles. The van der Waals surface area contributed by atoms with Crippen LogP contribution in [-0.4, -0.2) is 57.7 Å². The molecule has 0 aromatic heterocycles. The monoisotopic (exact) mass is 408 g/mol. The maximum atomic E-state index is 16.9. The fourth-order valence-corrected chi connectivity index (χ4v) is 6.93. The number of carbonyl (C=O) groups is 2. The third-order valence-electron chi connectivity index (χ3n) is 8.65. The van der Waals surface area contributed by atoms with Crippen molar-refractivity contribution in [2.75, 3.05) is 7.11 Å². The quantitative estimate of drug-likeness (QED) is 0.613. The molecule has 0 bridgehead atoms. The highest BCUT2D eigenvalue weighted by Crippen LogP contribution is 2.69. The molecule has 8 atom stereocenters. The molecule has 3 saturated carbocycles. The first-order chi connectivity index (χ1) is 13.5. The van der Waals surface area contributed by atoms with Gasteiger partial charge in [-0.1, -0.05) is 18.6 Å². The normalized spacial score (nSPS) is 49.7. The van der Waals surface area contributed by atoms with Crippen LogP contribution in [0.15, 0.2) is 23.8 Å². The molecule has 0 aromatic carbocycles. The lowest BCUT2D eigenvalue weighted by Gasteiger charge is -2.62. The Morgan fingerprint density at radius 2 is 2.00 bits per heavy atom. The third kappa shape index (κ3) is 2.36. The summed E-state index contributed by atoms with van der Waals surface area (Å²) in [7, 11) is 1.18. The van der Waals surface area contributed by atoms with Crippen LogP contribution in [0.3, 0.4) is 0 Å². The average Bonchev–Trinajstić information content (AvgIpc) is 2.94. The number of aliphatic hydroxyl groups is 3. The van der Waals surface area contributed by atoms with Crippen molar-refractivity contribution in [1.29, 1.82) is 0 Å². The van der Waals surface area contributed by atoms with Gasteiger partial charge in [0, 0.05) is 23.9 Å². The molecule has 0 spiro atoms. The molecular formula is C22H29FO6. The molecule has 3 N–H and O–H groups in total. The van der Waals surface area contributed by atoms with Gasteiger partial charge in [0.2, 0.25) is 12.1 Å². The van der Waals surface area contributed by atoms with Gasteiger partial charge in [-0.2, -0.15) is 0 Å². The number of aliphatic hydroxyl groups excluding tert-OH is 2. The van der Waals surface area contributed by atoms with Crippen LogP contribution in [0.1, 0.15) is 46.0 Å². The molecule has 0 heterocycles. The van der Waals surface area contributed by atoms with Crippen molar-refractivity contribution in [3.8, 4) is 0 Å². The molecule has 0 radical (unpaired) electrons. The Bertz CT molecular complexity index is 822. The highest BCUT2D eigenvalue weighted by atomic mass is 19.1. The van der Waals surface area contributed by atoms with E-state index in [-0.39, 0.29) is 24.5 Å². The van der Waals surface area contributed by atoms with Gasteiger partial charge in [0.1, 0.15) is 5.60 Å². The second-order valence-electron chi connectivity index (χ2n) is 9.62. The minimum absolute atomic E-state index is 0.0838. The molecule has 29 heavy (non-hydrogen) atoms. The van der Waals surface area contributed by atoms with E-state index in [2.05, 4.69) is 0 Å². The molecule has 0 saturated heterocycles. The first kappa shape index (κ1) is 20.8. The number of methoxy groups -OCH3 is 1. The predicted octanol–water partition coefficient (Wildman–Crippen LogP) is 1.62. The molecule has 0 amide bonds.